The van der Waals surface area contributed by atoms with Crippen molar-refractivity contribution >= 4 is 0 Å². The Kier molecular flexibility index (Phi) is 4.75. The minimum absolute atomic E-state index is 0.0439. The lowest BCUT2D eigenvalue weighted by Gasteiger charge is -2.61. The van der Waals surface area contributed by atoms with Gasteiger partial charge in [-0.05, 0) is 112 Å². The fourth-order valence-electron chi connectivity index (χ4n) is 8.61. The molecule has 144 valence electrons. The summed E-state index contributed by atoms with van der Waals surface area (Å²) in [6.45, 7) is 7.20. The van der Waals surface area contributed by atoms with Gasteiger partial charge in [0.1, 0.15) is 0 Å². The summed E-state index contributed by atoms with van der Waals surface area (Å²) in [7, 11) is 0. The van der Waals surface area contributed by atoms with Crippen LogP contribution in [0.25, 0.3) is 0 Å². The van der Waals surface area contributed by atoms with Crippen molar-refractivity contribution in [2.75, 3.05) is 0 Å². The van der Waals surface area contributed by atoms with E-state index in [-0.39, 0.29) is 6.10 Å². The molecule has 0 aromatic heterocycles. The van der Waals surface area contributed by atoms with Gasteiger partial charge in [-0.3, -0.25) is 0 Å². The van der Waals surface area contributed by atoms with Crippen molar-refractivity contribution in [1.82, 2.24) is 0 Å². The second-order valence-electron chi connectivity index (χ2n) is 10.4. The molecule has 1 N–H and O–H groups in total. The maximum Gasteiger partial charge on any atom is 0.0911 e. The second-order valence-corrected chi connectivity index (χ2v) is 10.4. The lowest BCUT2D eigenvalue weighted by Crippen LogP contribution is -2.54. The maximum absolute atomic E-state index is 10.2. The largest absolute Gasteiger partial charge is 0.393 e. The lowest BCUT2D eigenvalue weighted by atomic mass is 9.44. The SMILES string of the molecule is CC[C@]12CCC3C(CC[C@H]4C[C@H](O)CC[C@]34C)C1CC[C@@H]2/C(C)=C\C#N. The number of aliphatic hydroxyl groups excluding tert-OH is 1. The van der Waals surface area contributed by atoms with Gasteiger partial charge in [-0.15, -0.1) is 0 Å². The van der Waals surface area contributed by atoms with Gasteiger partial charge in [0.25, 0.3) is 0 Å². The van der Waals surface area contributed by atoms with Crippen LogP contribution in [0.15, 0.2) is 11.6 Å². The molecule has 8 atom stereocenters. The van der Waals surface area contributed by atoms with E-state index in [9.17, 15) is 10.4 Å². The normalized spacial score (nSPS) is 51.1. The number of fused-ring (bicyclic) bond motifs is 5. The molecule has 0 bridgehead atoms. The number of rotatable bonds is 2. The fourth-order valence-corrected chi connectivity index (χ4v) is 8.61. The summed E-state index contributed by atoms with van der Waals surface area (Å²) >= 11 is 0. The third-order valence-electron chi connectivity index (χ3n) is 9.85. The topological polar surface area (TPSA) is 44.0 Å². The van der Waals surface area contributed by atoms with Crippen molar-refractivity contribution in [3.8, 4) is 6.07 Å². The molecule has 4 rings (SSSR count). The molecule has 0 heterocycles. The van der Waals surface area contributed by atoms with E-state index < -0.39 is 0 Å². The summed E-state index contributed by atoms with van der Waals surface area (Å²) in [6, 6.07) is 2.30. The molecule has 2 nitrogen and oxygen atoms in total. The summed E-state index contributed by atoms with van der Waals surface area (Å²) in [4.78, 5) is 0. The van der Waals surface area contributed by atoms with Crippen LogP contribution < -0.4 is 0 Å². The van der Waals surface area contributed by atoms with Crippen LogP contribution >= 0.6 is 0 Å². The first-order chi connectivity index (χ1) is 12.5. The highest BCUT2D eigenvalue weighted by Gasteiger charge is 2.61. The highest BCUT2D eigenvalue weighted by molar-refractivity contribution is 5.22. The Hall–Kier alpha value is -0.810. The Morgan fingerprint density at radius 3 is 2.65 bits per heavy atom. The summed E-state index contributed by atoms with van der Waals surface area (Å²) in [5, 5.41) is 19.4. The van der Waals surface area contributed by atoms with Crippen LogP contribution in [0.1, 0.15) is 85.0 Å². The number of hydrogen-bond acceptors (Lipinski definition) is 2. The van der Waals surface area contributed by atoms with Crippen LogP contribution in [-0.4, -0.2) is 11.2 Å². The minimum atomic E-state index is -0.0439. The van der Waals surface area contributed by atoms with E-state index in [0.29, 0.717) is 16.7 Å². The molecular formula is C24H37NO. The van der Waals surface area contributed by atoms with Crippen LogP contribution in [0.2, 0.25) is 0 Å². The zero-order valence-electron chi connectivity index (χ0n) is 17.0. The smallest absolute Gasteiger partial charge is 0.0911 e. The zero-order valence-corrected chi connectivity index (χ0v) is 17.0. The van der Waals surface area contributed by atoms with Gasteiger partial charge in [0.15, 0.2) is 0 Å². The molecule has 3 unspecified atom stereocenters. The van der Waals surface area contributed by atoms with Crippen molar-refractivity contribution in [3.05, 3.63) is 11.6 Å². The predicted molar refractivity (Wildman–Crippen MR) is 105 cm³/mol. The molecular weight excluding hydrogens is 318 g/mol. The zero-order chi connectivity index (χ0) is 18.5. The summed E-state index contributed by atoms with van der Waals surface area (Å²) < 4.78 is 0. The molecule has 4 fully saturated rings. The molecule has 2 heteroatoms. The number of aliphatic hydroxyl groups is 1. The van der Waals surface area contributed by atoms with E-state index in [1.807, 2.05) is 6.08 Å². The number of nitriles is 1. The number of nitrogens with zero attached hydrogens (tertiary/aromatic N) is 1. The van der Waals surface area contributed by atoms with Gasteiger partial charge in [0.05, 0.1) is 12.2 Å². The van der Waals surface area contributed by atoms with E-state index >= 15 is 0 Å². The van der Waals surface area contributed by atoms with Crippen molar-refractivity contribution in [1.29, 1.82) is 5.26 Å². The maximum atomic E-state index is 10.2. The van der Waals surface area contributed by atoms with Gasteiger partial charge < -0.3 is 5.11 Å². The minimum Gasteiger partial charge on any atom is -0.393 e. The van der Waals surface area contributed by atoms with Crippen LogP contribution in [0, 0.1) is 51.8 Å². The Morgan fingerprint density at radius 2 is 1.92 bits per heavy atom. The number of hydrogen-bond donors (Lipinski definition) is 1. The van der Waals surface area contributed by atoms with E-state index in [0.717, 1.165) is 36.5 Å². The molecule has 4 aliphatic rings. The first-order valence-corrected chi connectivity index (χ1v) is 11.2. The average Bonchev–Trinajstić information content (AvgIpc) is 3.02. The van der Waals surface area contributed by atoms with Crippen molar-refractivity contribution in [2.45, 2.75) is 91.1 Å². The summed E-state index contributed by atoms with van der Waals surface area (Å²) in [6.07, 6.45) is 14.5. The molecule has 0 saturated heterocycles. The third kappa shape index (κ3) is 2.53. The molecule has 4 aliphatic carbocycles. The number of allylic oxidation sites excluding steroid dienone is 2. The average molecular weight is 356 g/mol. The van der Waals surface area contributed by atoms with Crippen molar-refractivity contribution in [3.63, 3.8) is 0 Å². The molecule has 4 saturated carbocycles. The van der Waals surface area contributed by atoms with E-state index in [4.69, 9.17) is 0 Å². The highest BCUT2D eigenvalue weighted by Crippen LogP contribution is 2.69. The Bertz CT molecular complexity index is 618. The molecule has 0 aromatic carbocycles. The molecule has 26 heavy (non-hydrogen) atoms. The first-order valence-electron chi connectivity index (χ1n) is 11.2. The first kappa shape index (κ1) is 18.5. The van der Waals surface area contributed by atoms with Crippen molar-refractivity contribution in [2.24, 2.45) is 40.4 Å². The van der Waals surface area contributed by atoms with Gasteiger partial charge in [0, 0.05) is 6.08 Å². The van der Waals surface area contributed by atoms with Gasteiger partial charge >= 0.3 is 0 Å². The van der Waals surface area contributed by atoms with Crippen LogP contribution in [0.3, 0.4) is 0 Å². The monoisotopic (exact) mass is 355 g/mol. The predicted octanol–water partition coefficient (Wildman–Crippen LogP) is 5.87. The van der Waals surface area contributed by atoms with Crippen molar-refractivity contribution < 1.29 is 5.11 Å². The summed E-state index contributed by atoms with van der Waals surface area (Å²) in [5.74, 6) is 4.01. The Balaban J connectivity index is 1.63. The third-order valence-corrected chi connectivity index (χ3v) is 9.85. The standard InChI is InChI=1S/C24H37NO/c1-4-24-13-10-21-19(22(24)8-7-20(24)16(2)11-14-25)6-5-17-15-18(26)9-12-23(17,21)3/h11,17-22,26H,4-10,12-13,15H2,1-3H3/b16-11-/t17-,18+,19?,20+,21?,22?,23-,24+/m0/s1. The van der Waals surface area contributed by atoms with Gasteiger partial charge in [-0.1, -0.05) is 19.4 Å². The molecule has 0 amide bonds. The van der Waals surface area contributed by atoms with Gasteiger partial charge in [-0.25, -0.2) is 0 Å². The van der Waals surface area contributed by atoms with E-state index in [2.05, 4.69) is 26.8 Å². The molecule has 0 radical (unpaired) electrons. The molecule has 0 aromatic rings. The second kappa shape index (κ2) is 6.66. The Morgan fingerprint density at radius 1 is 1.12 bits per heavy atom. The fraction of sp³-hybridized carbons (Fsp3) is 0.875. The quantitative estimate of drug-likeness (QED) is 0.630. The van der Waals surface area contributed by atoms with Gasteiger partial charge in [0.2, 0.25) is 0 Å². The summed E-state index contributed by atoms with van der Waals surface area (Å²) in [5.41, 5.74) is 2.27. The Labute approximate surface area is 160 Å². The molecule has 0 aliphatic heterocycles. The van der Waals surface area contributed by atoms with E-state index in [1.165, 1.54) is 56.9 Å². The van der Waals surface area contributed by atoms with Gasteiger partial charge in [-0.2, -0.15) is 5.26 Å². The molecule has 0 spiro atoms. The van der Waals surface area contributed by atoms with Crippen LogP contribution in [0.4, 0.5) is 0 Å². The van der Waals surface area contributed by atoms with Crippen LogP contribution in [-0.2, 0) is 0 Å². The van der Waals surface area contributed by atoms with E-state index in [1.54, 1.807) is 0 Å². The highest BCUT2D eigenvalue weighted by atomic mass is 16.3. The van der Waals surface area contributed by atoms with Crippen LogP contribution in [0.5, 0.6) is 0 Å². The lowest BCUT2D eigenvalue weighted by molar-refractivity contribution is -0.129.